The molecule has 7 heteroatoms. The molecule has 0 saturated carbocycles. The molecule has 3 aromatic rings. The van der Waals surface area contributed by atoms with Crippen molar-refractivity contribution < 1.29 is 9.32 Å². The minimum Gasteiger partial charge on any atom is -0.351 e. The Morgan fingerprint density at radius 3 is 3.07 bits per heavy atom. The number of hydrogen-bond donors (Lipinski definition) is 0. The average Bonchev–Trinajstić information content (AvgIpc) is 3.38. The molecule has 0 spiro atoms. The van der Waals surface area contributed by atoms with Crippen LogP contribution in [0.3, 0.4) is 0 Å². The van der Waals surface area contributed by atoms with Crippen molar-refractivity contribution in [2.75, 3.05) is 13.1 Å². The predicted molar refractivity (Wildman–Crippen MR) is 99.3 cm³/mol. The van der Waals surface area contributed by atoms with Gasteiger partial charge in [-0.2, -0.15) is 0 Å². The van der Waals surface area contributed by atoms with E-state index in [-0.39, 0.29) is 11.8 Å². The van der Waals surface area contributed by atoms with E-state index in [1.165, 1.54) is 0 Å². The number of carbonyl (C=O) groups is 1. The molecule has 1 aliphatic heterocycles. The molecule has 1 atom stereocenters. The largest absolute Gasteiger partial charge is 0.351 e. The average molecular weight is 365 g/mol. The molecule has 27 heavy (non-hydrogen) atoms. The van der Waals surface area contributed by atoms with Crippen LogP contribution in [0, 0.1) is 0 Å². The zero-order valence-corrected chi connectivity index (χ0v) is 15.4. The maximum atomic E-state index is 12.8. The van der Waals surface area contributed by atoms with Crippen molar-refractivity contribution in [1.29, 1.82) is 0 Å². The summed E-state index contributed by atoms with van der Waals surface area (Å²) in [4.78, 5) is 23.4. The van der Waals surface area contributed by atoms with Crippen molar-refractivity contribution in [3.63, 3.8) is 0 Å². The lowest BCUT2D eigenvalue weighted by Gasteiger charge is -2.32. The van der Waals surface area contributed by atoms with Gasteiger partial charge in [0.1, 0.15) is 5.82 Å². The van der Waals surface area contributed by atoms with E-state index in [0.29, 0.717) is 12.3 Å². The molecule has 1 fully saturated rings. The normalized spacial score (nSPS) is 17.2. The fraction of sp³-hybridized carbons (Fsp3) is 0.400. The van der Waals surface area contributed by atoms with Crippen LogP contribution in [0.1, 0.15) is 53.3 Å². The van der Waals surface area contributed by atoms with Crippen molar-refractivity contribution in [2.45, 2.75) is 38.6 Å². The summed E-state index contributed by atoms with van der Waals surface area (Å²) in [6.45, 7) is 4.10. The van der Waals surface area contributed by atoms with Crippen LogP contribution >= 0.6 is 0 Å². The summed E-state index contributed by atoms with van der Waals surface area (Å²) >= 11 is 0. The third kappa shape index (κ3) is 3.77. The number of likely N-dealkylation sites (tertiary alicyclic amines) is 1. The lowest BCUT2D eigenvalue weighted by atomic mass is 9.96. The van der Waals surface area contributed by atoms with Gasteiger partial charge in [-0.3, -0.25) is 9.78 Å². The van der Waals surface area contributed by atoms with E-state index in [0.717, 1.165) is 49.4 Å². The summed E-state index contributed by atoms with van der Waals surface area (Å²) in [6, 6.07) is 5.74. The maximum Gasteiger partial charge on any atom is 0.292 e. The number of imidazole rings is 1. The second-order valence-corrected chi connectivity index (χ2v) is 6.90. The third-order valence-electron chi connectivity index (χ3n) is 5.03. The fourth-order valence-corrected chi connectivity index (χ4v) is 3.61. The number of carbonyl (C=O) groups excluding carboxylic acids is 1. The maximum absolute atomic E-state index is 12.8. The Kier molecular flexibility index (Phi) is 5.00. The van der Waals surface area contributed by atoms with E-state index in [1.54, 1.807) is 12.3 Å². The van der Waals surface area contributed by atoms with Gasteiger partial charge in [0, 0.05) is 49.9 Å². The number of aromatic nitrogens is 4. The van der Waals surface area contributed by atoms with E-state index < -0.39 is 0 Å². The zero-order valence-electron chi connectivity index (χ0n) is 15.4. The number of amides is 1. The highest BCUT2D eigenvalue weighted by Gasteiger charge is 2.29. The zero-order chi connectivity index (χ0) is 18.6. The van der Waals surface area contributed by atoms with Crippen molar-refractivity contribution in [1.82, 2.24) is 24.6 Å². The van der Waals surface area contributed by atoms with Gasteiger partial charge in [-0.1, -0.05) is 18.1 Å². The van der Waals surface area contributed by atoms with Crippen molar-refractivity contribution >= 4 is 5.91 Å². The van der Waals surface area contributed by atoms with Crippen LogP contribution in [0.15, 0.2) is 47.5 Å². The summed E-state index contributed by atoms with van der Waals surface area (Å²) in [5.74, 6) is 1.47. The quantitative estimate of drug-likeness (QED) is 0.695. The van der Waals surface area contributed by atoms with Gasteiger partial charge < -0.3 is 14.0 Å². The molecule has 3 aromatic heterocycles. The minimum atomic E-state index is -0.0859. The highest BCUT2D eigenvalue weighted by molar-refractivity contribution is 5.91. The van der Waals surface area contributed by atoms with Gasteiger partial charge in [0.15, 0.2) is 0 Å². The topological polar surface area (TPSA) is 77.0 Å². The highest BCUT2D eigenvalue weighted by Crippen LogP contribution is 2.27. The standard InChI is InChI=1S/C20H23N5O2/c1-2-17-11-18(27-23-17)20(26)25-9-4-6-16(14-25)19-22-8-10-24(19)13-15-5-3-7-21-12-15/h3,5,7-8,10-12,16H,2,4,6,9,13-14H2,1H3/t16-/m0/s1. The van der Waals surface area contributed by atoms with Crippen LogP contribution in [0.2, 0.25) is 0 Å². The lowest BCUT2D eigenvalue weighted by molar-refractivity contribution is 0.0661. The second-order valence-electron chi connectivity index (χ2n) is 6.90. The van der Waals surface area contributed by atoms with Crippen molar-refractivity contribution in [2.24, 2.45) is 0 Å². The number of pyridine rings is 1. The Bertz CT molecular complexity index is 902. The SMILES string of the molecule is CCc1cc(C(=O)N2CCC[C@H](c3nccn3Cc3cccnc3)C2)on1. The van der Waals surface area contributed by atoms with Gasteiger partial charge in [-0.15, -0.1) is 0 Å². The van der Waals surface area contributed by atoms with E-state index in [1.807, 2.05) is 36.5 Å². The first kappa shape index (κ1) is 17.5. The van der Waals surface area contributed by atoms with Gasteiger partial charge in [0.2, 0.25) is 5.76 Å². The van der Waals surface area contributed by atoms with Gasteiger partial charge in [-0.05, 0) is 30.9 Å². The molecule has 140 valence electrons. The molecule has 1 amide bonds. The summed E-state index contributed by atoms with van der Waals surface area (Å²) in [5, 5.41) is 3.94. The molecule has 0 aliphatic carbocycles. The van der Waals surface area contributed by atoms with E-state index in [9.17, 15) is 4.79 Å². The van der Waals surface area contributed by atoms with Gasteiger partial charge in [0.25, 0.3) is 5.91 Å². The first-order chi connectivity index (χ1) is 13.2. The Labute approximate surface area is 158 Å². The summed E-state index contributed by atoms with van der Waals surface area (Å²) in [6.07, 6.45) is 10.2. The monoisotopic (exact) mass is 365 g/mol. The van der Waals surface area contributed by atoms with Crippen LogP contribution < -0.4 is 0 Å². The van der Waals surface area contributed by atoms with Gasteiger partial charge in [-0.25, -0.2) is 4.98 Å². The summed E-state index contributed by atoms with van der Waals surface area (Å²) in [7, 11) is 0. The van der Waals surface area contributed by atoms with E-state index >= 15 is 0 Å². The molecular weight excluding hydrogens is 342 g/mol. The smallest absolute Gasteiger partial charge is 0.292 e. The van der Waals surface area contributed by atoms with Crippen molar-refractivity contribution in [3.05, 3.63) is 65.8 Å². The lowest BCUT2D eigenvalue weighted by Crippen LogP contribution is -2.39. The Morgan fingerprint density at radius 1 is 1.37 bits per heavy atom. The highest BCUT2D eigenvalue weighted by atomic mass is 16.5. The number of piperidine rings is 1. The third-order valence-corrected chi connectivity index (χ3v) is 5.03. The first-order valence-electron chi connectivity index (χ1n) is 9.39. The molecule has 0 radical (unpaired) electrons. The molecule has 7 nitrogen and oxygen atoms in total. The van der Waals surface area contributed by atoms with Crippen LogP contribution in [-0.2, 0) is 13.0 Å². The Morgan fingerprint density at radius 2 is 2.30 bits per heavy atom. The number of aryl methyl sites for hydroxylation is 1. The molecule has 0 unspecified atom stereocenters. The predicted octanol–water partition coefficient (Wildman–Crippen LogP) is 2.90. The molecule has 1 saturated heterocycles. The number of nitrogens with zero attached hydrogens (tertiary/aromatic N) is 5. The molecule has 4 heterocycles. The van der Waals surface area contributed by atoms with E-state index in [4.69, 9.17) is 4.52 Å². The van der Waals surface area contributed by atoms with Crippen LogP contribution in [0.25, 0.3) is 0 Å². The van der Waals surface area contributed by atoms with Gasteiger partial charge >= 0.3 is 0 Å². The molecule has 1 aliphatic rings. The summed E-state index contributed by atoms with van der Waals surface area (Å²) in [5.41, 5.74) is 1.94. The Balaban J connectivity index is 1.49. The number of rotatable bonds is 5. The van der Waals surface area contributed by atoms with E-state index in [2.05, 4.69) is 25.8 Å². The van der Waals surface area contributed by atoms with Crippen LogP contribution in [0.5, 0.6) is 0 Å². The fourth-order valence-electron chi connectivity index (χ4n) is 3.61. The van der Waals surface area contributed by atoms with Crippen LogP contribution in [0.4, 0.5) is 0 Å². The summed E-state index contributed by atoms with van der Waals surface area (Å²) < 4.78 is 7.38. The molecule has 0 bridgehead atoms. The minimum absolute atomic E-state index is 0.0859. The van der Waals surface area contributed by atoms with Crippen molar-refractivity contribution in [3.8, 4) is 0 Å². The molecule has 0 aromatic carbocycles. The van der Waals surface area contributed by atoms with Gasteiger partial charge in [0.05, 0.1) is 12.2 Å². The Hall–Kier alpha value is -2.96. The molecule has 0 N–H and O–H groups in total. The second kappa shape index (κ2) is 7.73. The molecule has 4 rings (SSSR count). The van der Waals surface area contributed by atoms with Crippen LogP contribution in [-0.4, -0.2) is 43.6 Å². The molecular formula is C20H23N5O2. The number of hydrogen-bond acceptors (Lipinski definition) is 5. The first-order valence-corrected chi connectivity index (χ1v) is 9.39.